The number of aromatic amines is 2. The molecule has 2 heterocycles. The third kappa shape index (κ3) is 2.04. The standard InChI is InChI=1S/C7H4BrF3N4/c8-4-2-13-6(15-4)5-12-1-3(14-5)7(9,10)11/h1-2H,(H,12,14)(H,13,15). The van der Waals surface area contributed by atoms with Crippen LogP contribution in [0.15, 0.2) is 17.0 Å². The van der Waals surface area contributed by atoms with Crippen molar-refractivity contribution in [2.24, 2.45) is 0 Å². The molecule has 0 fully saturated rings. The minimum atomic E-state index is -4.42. The predicted molar refractivity (Wildman–Crippen MR) is 48.9 cm³/mol. The number of hydrogen-bond donors (Lipinski definition) is 2. The van der Waals surface area contributed by atoms with Crippen LogP contribution in [0.3, 0.4) is 0 Å². The highest BCUT2D eigenvalue weighted by Crippen LogP contribution is 2.28. The number of H-pyrrole nitrogens is 2. The van der Waals surface area contributed by atoms with E-state index in [9.17, 15) is 13.2 Å². The molecule has 2 aromatic rings. The van der Waals surface area contributed by atoms with Gasteiger partial charge in [-0.25, -0.2) is 9.97 Å². The zero-order valence-electron chi connectivity index (χ0n) is 7.06. The molecule has 0 saturated heterocycles. The van der Waals surface area contributed by atoms with E-state index in [1.165, 1.54) is 6.20 Å². The van der Waals surface area contributed by atoms with Crippen LogP contribution in [0.2, 0.25) is 0 Å². The Kier molecular flexibility index (Phi) is 2.29. The molecule has 0 atom stereocenters. The summed E-state index contributed by atoms with van der Waals surface area (Å²) in [5, 5.41) is 0. The van der Waals surface area contributed by atoms with E-state index in [2.05, 4.69) is 35.9 Å². The first-order chi connectivity index (χ1) is 6.97. The van der Waals surface area contributed by atoms with Gasteiger partial charge in [-0.05, 0) is 15.9 Å². The molecule has 2 rings (SSSR count). The van der Waals surface area contributed by atoms with Gasteiger partial charge in [-0.2, -0.15) is 13.2 Å². The van der Waals surface area contributed by atoms with Crippen LogP contribution < -0.4 is 0 Å². The maximum atomic E-state index is 12.2. The Hall–Kier alpha value is -1.31. The molecule has 0 saturated carbocycles. The molecule has 0 aliphatic heterocycles. The first kappa shape index (κ1) is 10.2. The monoisotopic (exact) mass is 280 g/mol. The predicted octanol–water partition coefficient (Wildman–Crippen LogP) is 2.58. The van der Waals surface area contributed by atoms with Crippen molar-refractivity contribution in [3.63, 3.8) is 0 Å². The lowest BCUT2D eigenvalue weighted by molar-refractivity contribution is -0.140. The molecule has 2 N–H and O–H groups in total. The van der Waals surface area contributed by atoms with Crippen molar-refractivity contribution in [1.82, 2.24) is 19.9 Å². The number of hydrogen-bond acceptors (Lipinski definition) is 2. The lowest BCUT2D eigenvalue weighted by Gasteiger charge is -2.00. The van der Waals surface area contributed by atoms with Crippen molar-refractivity contribution in [3.8, 4) is 11.6 Å². The molecule has 80 valence electrons. The topological polar surface area (TPSA) is 57.4 Å². The third-order valence-corrected chi connectivity index (χ3v) is 2.05. The van der Waals surface area contributed by atoms with E-state index < -0.39 is 11.9 Å². The number of halogens is 4. The van der Waals surface area contributed by atoms with Gasteiger partial charge in [0.05, 0.1) is 12.4 Å². The zero-order valence-corrected chi connectivity index (χ0v) is 8.65. The van der Waals surface area contributed by atoms with Gasteiger partial charge in [0, 0.05) is 0 Å². The minimum Gasteiger partial charge on any atom is -0.332 e. The fourth-order valence-electron chi connectivity index (χ4n) is 1.00. The number of rotatable bonds is 1. The molecule has 4 nitrogen and oxygen atoms in total. The second-order valence-electron chi connectivity index (χ2n) is 2.72. The normalized spacial score (nSPS) is 12.0. The lowest BCUT2D eigenvalue weighted by atomic mass is 10.5. The van der Waals surface area contributed by atoms with Crippen LogP contribution in [-0.2, 0) is 6.18 Å². The Morgan fingerprint density at radius 3 is 2.13 bits per heavy atom. The van der Waals surface area contributed by atoms with E-state index in [-0.39, 0.29) is 11.6 Å². The molecule has 15 heavy (non-hydrogen) atoms. The molecule has 0 spiro atoms. The summed E-state index contributed by atoms with van der Waals surface area (Å²) >= 11 is 3.09. The summed E-state index contributed by atoms with van der Waals surface area (Å²) in [6, 6.07) is 0. The Morgan fingerprint density at radius 1 is 1.07 bits per heavy atom. The van der Waals surface area contributed by atoms with Gasteiger partial charge in [-0.15, -0.1) is 0 Å². The second-order valence-corrected chi connectivity index (χ2v) is 3.58. The average Bonchev–Trinajstić information content (AvgIpc) is 2.69. The number of imidazole rings is 2. The van der Waals surface area contributed by atoms with Crippen molar-refractivity contribution in [3.05, 3.63) is 22.7 Å². The summed E-state index contributed by atoms with van der Waals surface area (Å²) in [6.07, 6.45) is -2.26. The number of alkyl halides is 3. The van der Waals surface area contributed by atoms with E-state index in [1.54, 1.807) is 0 Å². The van der Waals surface area contributed by atoms with Crippen LogP contribution in [0.1, 0.15) is 5.69 Å². The summed E-state index contributed by atoms with van der Waals surface area (Å²) in [5.41, 5.74) is -0.898. The van der Waals surface area contributed by atoms with Gasteiger partial charge >= 0.3 is 6.18 Å². The lowest BCUT2D eigenvalue weighted by Crippen LogP contribution is -2.04. The van der Waals surface area contributed by atoms with Crippen molar-refractivity contribution in [1.29, 1.82) is 0 Å². The molecule has 0 aliphatic rings. The summed E-state index contributed by atoms with van der Waals surface area (Å²) in [6.45, 7) is 0. The molecule has 0 aliphatic carbocycles. The van der Waals surface area contributed by atoms with Crippen molar-refractivity contribution in [2.75, 3.05) is 0 Å². The van der Waals surface area contributed by atoms with Crippen LogP contribution in [0.25, 0.3) is 11.6 Å². The van der Waals surface area contributed by atoms with E-state index in [1.807, 2.05) is 0 Å². The maximum absolute atomic E-state index is 12.2. The number of aromatic nitrogens is 4. The van der Waals surface area contributed by atoms with Gasteiger partial charge in [0.25, 0.3) is 0 Å². The Labute approximate surface area is 90.1 Å². The fraction of sp³-hybridized carbons (Fsp3) is 0.143. The smallest absolute Gasteiger partial charge is 0.332 e. The Balaban J connectivity index is 2.36. The Bertz CT molecular complexity index is 473. The molecule has 0 aromatic carbocycles. The van der Waals surface area contributed by atoms with Crippen LogP contribution in [0.5, 0.6) is 0 Å². The first-order valence-electron chi connectivity index (χ1n) is 3.80. The molecule has 0 bridgehead atoms. The van der Waals surface area contributed by atoms with E-state index >= 15 is 0 Å². The highest BCUT2D eigenvalue weighted by atomic mass is 79.9. The summed E-state index contributed by atoms with van der Waals surface area (Å²) < 4.78 is 37.2. The Morgan fingerprint density at radius 2 is 1.67 bits per heavy atom. The van der Waals surface area contributed by atoms with Crippen LogP contribution in [0.4, 0.5) is 13.2 Å². The van der Waals surface area contributed by atoms with Crippen LogP contribution >= 0.6 is 15.9 Å². The number of nitrogens with zero attached hydrogens (tertiary/aromatic N) is 2. The van der Waals surface area contributed by atoms with Gasteiger partial charge in [0.2, 0.25) is 0 Å². The van der Waals surface area contributed by atoms with E-state index in [0.29, 0.717) is 4.60 Å². The van der Waals surface area contributed by atoms with Gasteiger partial charge in [0.15, 0.2) is 11.6 Å². The zero-order chi connectivity index (χ0) is 11.1. The third-order valence-electron chi connectivity index (χ3n) is 1.65. The maximum Gasteiger partial charge on any atom is 0.432 e. The average molecular weight is 281 g/mol. The van der Waals surface area contributed by atoms with Gasteiger partial charge in [-0.3, -0.25) is 0 Å². The number of nitrogens with one attached hydrogen (secondary N) is 2. The molecule has 0 unspecified atom stereocenters. The van der Waals surface area contributed by atoms with E-state index in [4.69, 9.17) is 0 Å². The van der Waals surface area contributed by atoms with E-state index in [0.717, 1.165) is 6.20 Å². The van der Waals surface area contributed by atoms with Gasteiger partial charge in [-0.1, -0.05) is 0 Å². The van der Waals surface area contributed by atoms with Gasteiger partial charge in [0.1, 0.15) is 10.3 Å². The summed E-state index contributed by atoms with van der Waals surface area (Å²) in [5.74, 6) is 0.297. The molecular weight excluding hydrogens is 277 g/mol. The van der Waals surface area contributed by atoms with Crippen molar-refractivity contribution >= 4 is 15.9 Å². The molecule has 8 heteroatoms. The van der Waals surface area contributed by atoms with Crippen LogP contribution in [-0.4, -0.2) is 19.9 Å². The highest BCUT2D eigenvalue weighted by molar-refractivity contribution is 9.10. The summed E-state index contributed by atoms with van der Waals surface area (Å²) in [7, 11) is 0. The molecule has 0 amide bonds. The first-order valence-corrected chi connectivity index (χ1v) is 4.59. The van der Waals surface area contributed by atoms with Crippen molar-refractivity contribution in [2.45, 2.75) is 6.18 Å². The molecule has 0 radical (unpaired) electrons. The summed E-state index contributed by atoms with van der Waals surface area (Å²) in [4.78, 5) is 12.2. The van der Waals surface area contributed by atoms with Crippen LogP contribution in [0, 0.1) is 0 Å². The molecule has 2 aromatic heterocycles. The second kappa shape index (κ2) is 3.37. The van der Waals surface area contributed by atoms with Crippen molar-refractivity contribution < 1.29 is 13.2 Å². The SMILES string of the molecule is FC(F)(F)c1cnc(-c2ncc(Br)[nH]2)[nH]1. The quantitative estimate of drug-likeness (QED) is 0.844. The van der Waals surface area contributed by atoms with Gasteiger partial charge < -0.3 is 9.97 Å². The fourth-order valence-corrected chi connectivity index (χ4v) is 1.29. The largest absolute Gasteiger partial charge is 0.432 e. The minimum absolute atomic E-state index is 0.0491. The molecular formula is C7H4BrF3N4. The highest BCUT2D eigenvalue weighted by Gasteiger charge is 2.33.